The van der Waals surface area contributed by atoms with Crippen LogP contribution in [0.15, 0.2) is 12.1 Å². The minimum absolute atomic E-state index is 0.0531. The molecule has 8 heteroatoms. The summed E-state index contributed by atoms with van der Waals surface area (Å²) in [7, 11) is 0. The predicted molar refractivity (Wildman–Crippen MR) is 74.5 cm³/mol. The molecule has 0 spiro atoms. The van der Waals surface area contributed by atoms with Crippen molar-refractivity contribution in [3.8, 4) is 0 Å². The van der Waals surface area contributed by atoms with Crippen molar-refractivity contribution in [2.24, 2.45) is 0 Å². The van der Waals surface area contributed by atoms with Crippen LogP contribution in [0, 0.1) is 10.1 Å². The molecule has 0 saturated carbocycles. The Morgan fingerprint density at radius 3 is 2.55 bits per heavy atom. The number of carbonyl (C=O) groups is 1. The zero-order valence-corrected chi connectivity index (χ0v) is 11.8. The molecule has 0 saturated heterocycles. The summed E-state index contributed by atoms with van der Waals surface area (Å²) in [4.78, 5) is 21.2. The second-order valence-electron chi connectivity index (χ2n) is 4.89. The maximum absolute atomic E-state index is 11.2. The summed E-state index contributed by atoms with van der Waals surface area (Å²) in [6, 6.07) is 2.04. The third-order valence-electron chi connectivity index (χ3n) is 2.72. The van der Waals surface area contributed by atoms with Crippen LogP contribution >= 0.6 is 11.6 Å². The van der Waals surface area contributed by atoms with Gasteiger partial charge >= 0.3 is 5.97 Å². The molecule has 110 valence electrons. The van der Waals surface area contributed by atoms with Crippen LogP contribution in [0.1, 0.15) is 30.6 Å². The summed E-state index contributed by atoms with van der Waals surface area (Å²) in [6.45, 7) is 3.42. The number of benzene rings is 1. The second-order valence-corrected chi connectivity index (χ2v) is 5.30. The summed E-state index contributed by atoms with van der Waals surface area (Å²) >= 11 is 5.94. The van der Waals surface area contributed by atoms with Crippen molar-refractivity contribution in [3.05, 3.63) is 32.8 Å². The molecule has 0 heterocycles. The molecular formula is C12H15ClN2O5. The molecule has 1 rings (SSSR count). The zero-order chi connectivity index (χ0) is 15.5. The molecule has 7 nitrogen and oxygen atoms in total. The van der Waals surface area contributed by atoms with Crippen LogP contribution in [-0.2, 0) is 0 Å². The van der Waals surface area contributed by atoms with Gasteiger partial charge in [-0.3, -0.25) is 10.1 Å². The van der Waals surface area contributed by atoms with Gasteiger partial charge in [0.25, 0.3) is 5.69 Å². The summed E-state index contributed by atoms with van der Waals surface area (Å²) in [5.74, 6) is -1.32. The van der Waals surface area contributed by atoms with Gasteiger partial charge in [-0.25, -0.2) is 4.79 Å². The third-order valence-corrected chi connectivity index (χ3v) is 3.01. The highest BCUT2D eigenvalue weighted by Crippen LogP contribution is 2.33. The first kappa shape index (κ1) is 16.2. The van der Waals surface area contributed by atoms with Gasteiger partial charge in [-0.2, -0.15) is 0 Å². The van der Waals surface area contributed by atoms with Crippen LogP contribution in [-0.4, -0.2) is 33.3 Å². The summed E-state index contributed by atoms with van der Waals surface area (Å²) in [5, 5.41) is 31.7. The fourth-order valence-corrected chi connectivity index (χ4v) is 1.93. The topological polar surface area (TPSA) is 113 Å². The number of nitrogens with one attached hydrogen (secondary N) is 1. The first-order valence-corrected chi connectivity index (χ1v) is 6.16. The highest BCUT2D eigenvalue weighted by molar-refractivity contribution is 6.34. The van der Waals surface area contributed by atoms with Gasteiger partial charge in [0.1, 0.15) is 0 Å². The quantitative estimate of drug-likeness (QED) is 0.549. The van der Waals surface area contributed by atoms with Crippen molar-refractivity contribution in [3.63, 3.8) is 0 Å². The number of aliphatic hydroxyl groups excluding tert-OH is 1. The van der Waals surface area contributed by atoms with Gasteiger partial charge in [-0.1, -0.05) is 11.6 Å². The molecule has 20 heavy (non-hydrogen) atoms. The smallest absolute Gasteiger partial charge is 0.338 e. The molecule has 0 aliphatic rings. The average Bonchev–Trinajstić information content (AvgIpc) is 2.30. The number of non-ortho nitro benzene ring substituents is 1. The van der Waals surface area contributed by atoms with E-state index in [1.54, 1.807) is 13.8 Å². The molecule has 0 radical (unpaired) electrons. The lowest BCUT2D eigenvalue weighted by Gasteiger charge is -2.28. The fraction of sp³-hybridized carbons (Fsp3) is 0.417. The monoisotopic (exact) mass is 302 g/mol. The van der Waals surface area contributed by atoms with E-state index in [-0.39, 0.29) is 22.9 Å². The Balaban J connectivity index is 3.31. The van der Waals surface area contributed by atoms with E-state index in [4.69, 9.17) is 21.8 Å². The number of rotatable bonds is 6. The van der Waals surface area contributed by atoms with Crippen molar-refractivity contribution in [1.82, 2.24) is 0 Å². The van der Waals surface area contributed by atoms with E-state index in [0.717, 1.165) is 12.1 Å². The Hall–Kier alpha value is -1.86. The number of hydrogen-bond acceptors (Lipinski definition) is 5. The average molecular weight is 303 g/mol. The lowest BCUT2D eigenvalue weighted by atomic mass is 9.99. The Bertz CT molecular complexity index is 545. The minimum Gasteiger partial charge on any atom is -0.478 e. The highest BCUT2D eigenvalue weighted by Gasteiger charge is 2.25. The van der Waals surface area contributed by atoms with Crippen LogP contribution in [0.2, 0.25) is 5.02 Å². The number of nitro benzene ring substituents is 1. The highest BCUT2D eigenvalue weighted by atomic mass is 35.5. The van der Waals surface area contributed by atoms with Crippen molar-refractivity contribution >= 4 is 28.9 Å². The summed E-state index contributed by atoms with van der Waals surface area (Å²) < 4.78 is 0. The molecule has 0 aliphatic heterocycles. The Kier molecular flexibility index (Phi) is 4.91. The molecule has 0 bridgehead atoms. The number of halogens is 1. The van der Waals surface area contributed by atoms with Gasteiger partial charge in [0.15, 0.2) is 0 Å². The number of hydrogen-bond donors (Lipinski definition) is 3. The lowest BCUT2D eigenvalue weighted by Crippen LogP contribution is -2.32. The maximum Gasteiger partial charge on any atom is 0.338 e. The number of carboxylic acid groups (broad SMARTS) is 1. The number of anilines is 1. The number of aromatic carboxylic acids is 1. The molecule has 0 atom stereocenters. The minimum atomic E-state index is -1.32. The van der Waals surface area contributed by atoms with Gasteiger partial charge in [-0.05, 0) is 20.3 Å². The van der Waals surface area contributed by atoms with E-state index in [1.807, 2.05) is 0 Å². The number of nitro groups is 1. The molecular weight excluding hydrogens is 288 g/mol. The van der Waals surface area contributed by atoms with Gasteiger partial charge in [-0.15, -0.1) is 0 Å². The van der Waals surface area contributed by atoms with Crippen molar-refractivity contribution in [2.75, 3.05) is 11.9 Å². The van der Waals surface area contributed by atoms with Gasteiger partial charge in [0, 0.05) is 24.3 Å². The third kappa shape index (κ3) is 3.82. The normalized spacial score (nSPS) is 11.2. The summed E-state index contributed by atoms with van der Waals surface area (Å²) in [5.41, 5.74) is -1.19. The van der Waals surface area contributed by atoms with E-state index < -0.39 is 22.1 Å². The fourth-order valence-electron chi connectivity index (χ4n) is 1.67. The maximum atomic E-state index is 11.2. The van der Waals surface area contributed by atoms with Gasteiger partial charge in [0.2, 0.25) is 0 Å². The SMILES string of the molecule is CC(C)(CCO)Nc1c(Cl)cc([N+](=O)[O-])cc1C(=O)O. The number of carboxylic acids is 1. The van der Waals surface area contributed by atoms with E-state index in [0.29, 0.717) is 6.42 Å². The predicted octanol–water partition coefficient (Wildman–Crippen LogP) is 2.52. The molecule has 3 N–H and O–H groups in total. The molecule has 1 aromatic rings. The molecule has 1 aromatic carbocycles. The number of nitrogens with zero attached hydrogens (tertiary/aromatic N) is 1. The van der Waals surface area contributed by atoms with Gasteiger partial charge in [0.05, 0.1) is 21.2 Å². The van der Waals surface area contributed by atoms with E-state index in [2.05, 4.69) is 5.32 Å². The van der Waals surface area contributed by atoms with Crippen LogP contribution in [0.3, 0.4) is 0 Å². The first-order valence-electron chi connectivity index (χ1n) is 5.78. The van der Waals surface area contributed by atoms with Crippen molar-refractivity contribution < 1.29 is 19.9 Å². The molecule has 0 aliphatic carbocycles. The summed E-state index contributed by atoms with van der Waals surface area (Å²) in [6.07, 6.45) is 0.360. The van der Waals surface area contributed by atoms with Crippen LogP contribution in [0.25, 0.3) is 0 Å². The molecule has 0 unspecified atom stereocenters. The van der Waals surface area contributed by atoms with E-state index in [9.17, 15) is 14.9 Å². The van der Waals surface area contributed by atoms with Crippen LogP contribution in [0.5, 0.6) is 0 Å². The Morgan fingerprint density at radius 1 is 1.50 bits per heavy atom. The van der Waals surface area contributed by atoms with E-state index >= 15 is 0 Å². The zero-order valence-electron chi connectivity index (χ0n) is 11.0. The van der Waals surface area contributed by atoms with Crippen LogP contribution in [0.4, 0.5) is 11.4 Å². The first-order chi connectivity index (χ1) is 9.18. The largest absolute Gasteiger partial charge is 0.478 e. The second kappa shape index (κ2) is 6.06. The van der Waals surface area contributed by atoms with Crippen molar-refractivity contribution in [1.29, 1.82) is 0 Å². The van der Waals surface area contributed by atoms with Crippen molar-refractivity contribution in [2.45, 2.75) is 25.8 Å². The van der Waals surface area contributed by atoms with Crippen LogP contribution < -0.4 is 5.32 Å². The van der Waals surface area contributed by atoms with Gasteiger partial charge < -0.3 is 15.5 Å². The lowest BCUT2D eigenvalue weighted by molar-refractivity contribution is -0.384. The van der Waals surface area contributed by atoms with E-state index in [1.165, 1.54) is 0 Å². The Labute approximate surface area is 120 Å². The Morgan fingerprint density at radius 2 is 2.10 bits per heavy atom. The molecule has 0 amide bonds. The number of aliphatic hydroxyl groups is 1. The standard InChI is InChI=1S/C12H15ClN2O5/c1-12(2,3-4-16)14-10-8(11(17)18)5-7(15(19)20)6-9(10)13/h5-6,14,16H,3-4H2,1-2H3,(H,17,18). The molecule has 0 fully saturated rings. The molecule has 0 aromatic heterocycles.